The summed E-state index contributed by atoms with van der Waals surface area (Å²) in [7, 11) is 0. The van der Waals surface area contributed by atoms with Crippen LogP contribution >= 0.6 is 0 Å². The first-order valence-electron chi connectivity index (χ1n) is 5.03. The largest absolute Gasteiger partial charge is 0.411 e. The van der Waals surface area contributed by atoms with Gasteiger partial charge in [-0.1, -0.05) is 19.0 Å². The highest BCUT2D eigenvalue weighted by Crippen LogP contribution is 2.26. The van der Waals surface area contributed by atoms with Gasteiger partial charge in [-0.15, -0.1) is 0 Å². The van der Waals surface area contributed by atoms with E-state index in [0.717, 1.165) is 25.1 Å². The van der Waals surface area contributed by atoms with Gasteiger partial charge in [-0.2, -0.15) is 5.10 Å². The van der Waals surface area contributed by atoms with E-state index in [9.17, 15) is 0 Å². The smallest absolute Gasteiger partial charge is 0.137 e. The van der Waals surface area contributed by atoms with Gasteiger partial charge in [0.1, 0.15) is 12.7 Å². The van der Waals surface area contributed by atoms with Gasteiger partial charge in [-0.25, -0.2) is 4.98 Å². The average molecular weight is 210 g/mol. The first kappa shape index (κ1) is 11.7. The topological polar surface area (TPSA) is 63.3 Å². The van der Waals surface area contributed by atoms with E-state index in [0.29, 0.717) is 0 Å². The van der Waals surface area contributed by atoms with Gasteiger partial charge in [0.2, 0.25) is 0 Å². The normalized spacial score (nSPS) is 13.1. The summed E-state index contributed by atoms with van der Waals surface area (Å²) in [6.45, 7) is 6.97. The molecule has 1 aromatic rings. The molecule has 5 nitrogen and oxygen atoms in total. The highest BCUT2D eigenvalue weighted by Gasteiger charge is 2.19. The quantitative estimate of drug-likeness (QED) is 0.459. The Balaban J connectivity index is 2.42. The van der Waals surface area contributed by atoms with Crippen LogP contribution in [0.5, 0.6) is 0 Å². The van der Waals surface area contributed by atoms with Gasteiger partial charge in [-0.05, 0) is 25.2 Å². The highest BCUT2D eigenvalue weighted by atomic mass is 16.4. The van der Waals surface area contributed by atoms with Crippen molar-refractivity contribution in [3.05, 3.63) is 12.7 Å². The summed E-state index contributed by atoms with van der Waals surface area (Å²) in [5.74, 6) is 0. The predicted octanol–water partition coefficient (Wildman–Crippen LogP) is 1.93. The number of aryl methyl sites for hydroxylation is 1. The third-order valence-corrected chi connectivity index (χ3v) is 2.39. The minimum atomic E-state index is 0.113. The summed E-state index contributed by atoms with van der Waals surface area (Å²) in [6, 6.07) is 0. The summed E-state index contributed by atoms with van der Waals surface area (Å²) >= 11 is 0. The number of hydrogen-bond acceptors (Lipinski definition) is 4. The van der Waals surface area contributed by atoms with Crippen molar-refractivity contribution in [3.63, 3.8) is 0 Å². The van der Waals surface area contributed by atoms with Gasteiger partial charge in [0.05, 0.1) is 5.71 Å². The Bertz CT molecular complexity index is 316. The second kappa shape index (κ2) is 4.91. The Morgan fingerprint density at radius 1 is 1.53 bits per heavy atom. The molecule has 1 aromatic heterocycles. The van der Waals surface area contributed by atoms with Crippen molar-refractivity contribution < 1.29 is 5.21 Å². The molecule has 0 fully saturated rings. The number of oxime groups is 1. The first-order valence-corrected chi connectivity index (χ1v) is 5.03. The molecule has 84 valence electrons. The summed E-state index contributed by atoms with van der Waals surface area (Å²) in [5.41, 5.74) is 0.876. The van der Waals surface area contributed by atoms with E-state index in [1.807, 2.05) is 11.6 Å². The third kappa shape index (κ3) is 4.10. The lowest BCUT2D eigenvalue weighted by atomic mass is 9.84. The molecular formula is C10H18N4O. The van der Waals surface area contributed by atoms with Crippen LogP contribution in [0, 0.1) is 5.41 Å². The molecule has 0 saturated carbocycles. The molecule has 1 N–H and O–H groups in total. The maximum absolute atomic E-state index is 8.61. The summed E-state index contributed by atoms with van der Waals surface area (Å²) in [4.78, 5) is 3.89. The maximum Gasteiger partial charge on any atom is 0.137 e. The van der Waals surface area contributed by atoms with Gasteiger partial charge in [-0.3, -0.25) is 4.68 Å². The Hall–Kier alpha value is -1.39. The highest BCUT2D eigenvalue weighted by molar-refractivity contribution is 5.81. The zero-order chi connectivity index (χ0) is 11.3. The fourth-order valence-corrected chi connectivity index (χ4v) is 1.58. The molecule has 0 spiro atoms. The van der Waals surface area contributed by atoms with Crippen molar-refractivity contribution in [2.45, 2.75) is 40.2 Å². The van der Waals surface area contributed by atoms with E-state index in [1.165, 1.54) is 6.33 Å². The van der Waals surface area contributed by atoms with Crippen molar-refractivity contribution in [3.8, 4) is 0 Å². The lowest BCUT2D eigenvalue weighted by Gasteiger charge is -2.23. The Morgan fingerprint density at radius 3 is 2.80 bits per heavy atom. The van der Waals surface area contributed by atoms with Crippen molar-refractivity contribution in [1.82, 2.24) is 14.8 Å². The standard InChI is InChI=1S/C10H18N4O/c1-9(13-15)6-10(2,3)4-5-14-8-11-7-12-14/h7-8,15H,4-6H2,1-3H3. The molecule has 1 heterocycles. The summed E-state index contributed by atoms with van der Waals surface area (Å²) < 4.78 is 1.81. The Labute approximate surface area is 89.8 Å². The SMILES string of the molecule is CC(CC(C)(C)CCn1cncn1)=NO. The van der Waals surface area contributed by atoms with Crippen LogP contribution in [0.1, 0.15) is 33.6 Å². The van der Waals surface area contributed by atoms with E-state index in [-0.39, 0.29) is 5.41 Å². The van der Waals surface area contributed by atoms with E-state index in [4.69, 9.17) is 5.21 Å². The lowest BCUT2D eigenvalue weighted by Crippen LogP contribution is -2.18. The van der Waals surface area contributed by atoms with Crippen LogP contribution in [0.4, 0.5) is 0 Å². The zero-order valence-corrected chi connectivity index (χ0v) is 9.51. The molecule has 0 saturated heterocycles. The monoisotopic (exact) mass is 210 g/mol. The van der Waals surface area contributed by atoms with Crippen LogP contribution in [0.15, 0.2) is 17.8 Å². The molecule has 0 aliphatic rings. The summed E-state index contributed by atoms with van der Waals surface area (Å²) in [6.07, 6.45) is 5.01. The average Bonchev–Trinajstić information content (AvgIpc) is 2.66. The number of hydrogen-bond donors (Lipinski definition) is 1. The van der Waals surface area contributed by atoms with Crippen LogP contribution < -0.4 is 0 Å². The summed E-state index contributed by atoms with van der Waals surface area (Å²) in [5, 5.41) is 15.9. The van der Waals surface area contributed by atoms with Crippen LogP contribution in [0.25, 0.3) is 0 Å². The first-order chi connectivity index (χ1) is 7.03. The van der Waals surface area contributed by atoms with E-state index >= 15 is 0 Å². The number of aromatic nitrogens is 3. The van der Waals surface area contributed by atoms with Crippen LogP contribution in [0.3, 0.4) is 0 Å². The molecule has 0 aromatic carbocycles. The third-order valence-electron chi connectivity index (χ3n) is 2.39. The van der Waals surface area contributed by atoms with Crippen molar-refractivity contribution >= 4 is 5.71 Å². The fourth-order valence-electron chi connectivity index (χ4n) is 1.58. The van der Waals surface area contributed by atoms with Gasteiger partial charge < -0.3 is 5.21 Å². The molecule has 0 bridgehead atoms. The second-order valence-electron chi connectivity index (χ2n) is 4.58. The van der Waals surface area contributed by atoms with Crippen LogP contribution in [-0.2, 0) is 6.54 Å². The zero-order valence-electron chi connectivity index (χ0n) is 9.51. The van der Waals surface area contributed by atoms with Gasteiger partial charge in [0.25, 0.3) is 0 Å². The molecule has 0 atom stereocenters. The van der Waals surface area contributed by atoms with Gasteiger partial charge in [0.15, 0.2) is 0 Å². The molecule has 0 aliphatic carbocycles. The van der Waals surface area contributed by atoms with Crippen LogP contribution in [-0.4, -0.2) is 25.7 Å². The van der Waals surface area contributed by atoms with Crippen LogP contribution in [0.2, 0.25) is 0 Å². The minimum Gasteiger partial charge on any atom is -0.411 e. The second-order valence-corrected chi connectivity index (χ2v) is 4.58. The van der Waals surface area contributed by atoms with Crippen molar-refractivity contribution in [2.24, 2.45) is 10.6 Å². The molecule has 15 heavy (non-hydrogen) atoms. The molecule has 0 unspecified atom stereocenters. The predicted molar refractivity (Wildman–Crippen MR) is 57.9 cm³/mol. The number of nitrogens with zero attached hydrogens (tertiary/aromatic N) is 4. The van der Waals surface area contributed by atoms with E-state index < -0.39 is 0 Å². The van der Waals surface area contributed by atoms with Crippen molar-refractivity contribution in [1.29, 1.82) is 0 Å². The molecule has 0 aliphatic heterocycles. The van der Waals surface area contributed by atoms with Gasteiger partial charge in [0, 0.05) is 6.54 Å². The van der Waals surface area contributed by atoms with Gasteiger partial charge >= 0.3 is 0 Å². The van der Waals surface area contributed by atoms with E-state index in [2.05, 4.69) is 29.1 Å². The van der Waals surface area contributed by atoms with Crippen molar-refractivity contribution in [2.75, 3.05) is 0 Å². The Morgan fingerprint density at radius 2 is 2.27 bits per heavy atom. The Kier molecular flexibility index (Phi) is 3.82. The fraction of sp³-hybridized carbons (Fsp3) is 0.700. The maximum atomic E-state index is 8.61. The minimum absolute atomic E-state index is 0.113. The molecule has 1 rings (SSSR count). The molecule has 0 amide bonds. The lowest BCUT2D eigenvalue weighted by molar-refractivity contribution is 0.295. The molecule has 0 radical (unpaired) electrons. The number of rotatable bonds is 5. The molecule has 5 heteroatoms. The van der Waals surface area contributed by atoms with E-state index in [1.54, 1.807) is 6.33 Å². The molecular weight excluding hydrogens is 192 g/mol.